The SMILES string of the molecule is COc1nc(-c2cccc(-c3cccc(NC(=O)c4cn(C)c(=O)n(C)c4=O)c3C)c2Cl)cc2c1[C@@H](NC[C@@H]1CNC(=O)C1)[C@@H](OC)C2. The van der Waals surface area contributed by atoms with E-state index >= 15 is 0 Å². The third kappa shape index (κ3) is 6.02. The molecule has 12 nitrogen and oxygen atoms in total. The number of rotatable bonds is 9. The van der Waals surface area contributed by atoms with E-state index in [1.807, 2.05) is 37.3 Å². The van der Waals surface area contributed by atoms with Crippen LogP contribution in [0, 0.1) is 12.8 Å². The largest absolute Gasteiger partial charge is 0.481 e. The number of benzene rings is 2. The molecule has 0 spiro atoms. The maximum absolute atomic E-state index is 13.2. The number of carbonyl (C=O) groups is 2. The molecule has 2 amide bonds. The molecule has 13 heteroatoms. The molecular formula is C35H37ClN6O6. The molecule has 4 aromatic rings. The van der Waals surface area contributed by atoms with Gasteiger partial charge in [0.2, 0.25) is 11.8 Å². The van der Waals surface area contributed by atoms with Gasteiger partial charge >= 0.3 is 5.69 Å². The fourth-order valence-electron chi connectivity index (χ4n) is 6.61. The molecule has 0 saturated carbocycles. The van der Waals surface area contributed by atoms with Crippen molar-refractivity contribution in [2.75, 3.05) is 32.6 Å². The summed E-state index contributed by atoms with van der Waals surface area (Å²) in [7, 11) is 6.09. The average molecular weight is 673 g/mol. The highest BCUT2D eigenvalue weighted by Crippen LogP contribution is 2.43. The van der Waals surface area contributed by atoms with E-state index in [0.717, 1.165) is 32.4 Å². The number of hydrogen-bond donors (Lipinski definition) is 3. The van der Waals surface area contributed by atoms with Crippen LogP contribution in [0.3, 0.4) is 0 Å². The summed E-state index contributed by atoms with van der Waals surface area (Å²) in [5, 5.41) is 9.78. The molecule has 1 aliphatic heterocycles. The van der Waals surface area contributed by atoms with Crippen LogP contribution >= 0.6 is 11.6 Å². The number of aryl methyl sites for hydroxylation is 1. The van der Waals surface area contributed by atoms with Gasteiger partial charge in [-0.3, -0.25) is 19.0 Å². The van der Waals surface area contributed by atoms with Gasteiger partial charge in [-0.25, -0.2) is 9.78 Å². The highest BCUT2D eigenvalue weighted by Gasteiger charge is 2.37. The van der Waals surface area contributed by atoms with Gasteiger partial charge in [0, 0.05) is 75.7 Å². The zero-order valence-corrected chi connectivity index (χ0v) is 28.1. The number of methoxy groups -OCH3 is 2. The van der Waals surface area contributed by atoms with E-state index in [-0.39, 0.29) is 29.5 Å². The van der Waals surface area contributed by atoms with Crippen LogP contribution in [0.4, 0.5) is 5.69 Å². The Morgan fingerprint density at radius 2 is 1.79 bits per heavy atom. The van der Waals surface area contributed by atoms with Crippen molar-refractivity contribution in [2.24, 2.45) is 20.0 Å². The topological polar surface area (TPSA) is 146 Å². The number of carbonyl (C=O) groups excluding carboxylic acids is 2. The third-order valence-electron chi connectivity index (χ3n) is 9.24. The molecule has 1 aliphatic carbocycles. The minimum absolute atomic E-state index is 0.0694. The highest BCUT2D eigenvalue weighted by molar-refractivity contribution is 6.36. The molecule has 2 aromatic heterocycles. The number of fused-ring (bicyclic) bond motifs is 1. The molecule has 6 rings (SSSR count). The van der Waals surface area contributed by atoms with Crippen molar-refractivity contribution in [3.63, 3.8) is 0 Å². The average Bonchev–Trinajstić information content (AvgIpc) is 3.67. The van der Waals surface area contributed by atoms with Gasteiger partial charge in [0.05, 0.1) is 30.0 Å². The van der Waals surface area contributed by atoms with Crippen LogP contribution in [0.1, 0.15) is 39.5 Å². The minimum atomic E-state index is -0.682. The summed E-state index contributed by atoms with van der Waals surface area (Å²) < 4.78 is 13.8. The predicted molar refractivity (Wildman–Crippen MR) is 183 cm³/mol. The number of hydrogen-bond acceptors (Lipinski definition) is 8. The Labute approximate surface area is 282 Å². The zero-order chi connectivity index (χ0) is 34.3. The lowest BCUT2D eigenvalue weighted by Crippen LogP contribution is -2.40. The highest BCUT2D eigenvalue weighted by atomic mass is 35.5. The monoisotopic (exact) mass is 672 g/mol. The third-order valence-corrected chi connectivity index (χ3v) is 9.64. The van der Waals surface area contributed by atoms with E-state index in [1.54, 1.807) is 26.4 Å². The van der Waals surface area contributed by atoms with Gasteiger partial charge in [0.15, 0.2) is 0 Å². The Kier molecular flexibility index (Phi) is 9.24. The normalized spacial score (nSPS) is 18.5. The second-order valence-corrected chi connectivity index (χ2v) is 12.6. The van der Waals surface area contributed by atoms with Crippen LogP contribution in [0.15, 0.2) is 58.3 Å². The maximum Gasteiger partial charge on any atom is 0.330 e. The Morgan fingerprint density at radius 3 is 2.50 bits per heavy atom. The summed E-state index contributed by atoms with van der Waals surface area (Å²) in [6, 6.07) is 13.0. The number of halogens is 1. The molecule has 250 valence electrons. The van der Waals surface area contributed by atoms with Crippen molar-refractivity contribution in [1.82, 2.24) is 24.8 Å². The van der Waals surface area contributed by atoms with E-state index in [4.69, 9.17) is 26.1 Å². The van der Waals surface area contributed by atoms with Crippen LogP contribution < -0.4 is 31.9 Å². The Balaban J connectivity index is 1.32. The van der Waals surface area contributed by atoms with E-state index < -0.39 is 17.2 Å². The van der Waals surface area contributed by atoms with Crippen molar-refractivity contribution in [3.8, 4) is 28.3 Å². The molecule has 0 radical (unpaired) electrons. The minimum Gasteiger partial charge on any atom is -0.481 e. The van der Waals surface area contributed by atoms with Gasteiger partial charge in [0.25, 0.3) is 11.5 Å². The summed E-state index contributed by atoms with van der Waals surface area (Å²) in [5.74, 6) is 0.123. The molecule has 3 heterocycles. The smallest absolute Gasteiger partial charge is 0.330 e. The number of ether oxygens (including phenoxy) is 2. The van der Waals surface area contributed by atoms with Crippen molar-refractivity contribution in [1.29, 1.82) is 0 Å². The molecule has 1 fully saturated rings. The summed E-state index contributed by atoms with van der Waals surface area (Å²) in [6.07, 6.45) is 2.24. The summed E-state index contributed by atoms with van der Waals surface area (Å²) in [4.78, 5) is 54.6. The van der Waals surface area contributed by atoms with Gasteiger partial charge < -0.3 is 30.0 Å². The molecule has 3 N–H and O–H groups in total. The summed E-state index contributed by atoms with van der Waals surface area (Å²) in [5.41, 5.74) is 4.71. The maximum atomic E-state index is 13.2. The molecule has 0 unspecified atom stereocenters. The predicted octanol–water partition coefficient (Wildman–Crippen LogP) is 3.37. The Bertz CT molecular complexity index is 2060. The first-order valence-corrected chi connectivity index (χ1v) is 16.0. The summed E-state index contributed by atoms with van der Waals surface area (Å²) >= 11 is 7.12. The molecule has 2 aliphatic rings. The lowest BCUT2D eigenvalue weighted by Gasteiger charge is -2.23. The first kappa shape index (κ1) is 33.1. The van der Waals surface area contributed by atoms with Crippen LogP contribution in [-0.4, -0.2) is 59.3 Å². The van der Waals surface area contributed by atoms with Crippen molar-refractivity contribution in [2.45, 2.75) is 31.9 Å². The van der Waals surface area contributed by atoms with Crippen LogP contribution in [0.2, 0.25) is 5.02 Å². The van der Waals surface area contributed by atoms with Crippen LogP contribution in [0.5, 0.6) is 5.88 Å². The fourth-order valence-corrected chi connectivity index (χ4v) is 6.93. The number of nitrogens with one attached hydrogen (secondary N) is 3. The van der Waals surface area contributed by atoms with Gasteiger partial charge in [-0.1, -0.05) is 41.9 Å². The standard InChI is InChI=1S/C35H37ClN6O6/c1-18-21(8-7-11-25(18)39-32(44)24-17-41(2)35(46)42(3)34(24)45)22-9-6-10-23(30(22)36)26-13-20-14-27(47-4)31(29(20)33(40-26)48-5)38-16-19-12-28(43)37-15-19/h6-11,13,17,19,27,31,38H,12,14-16H2,1-5H3,(H,37,43)(H,39,44)/t19-,27-,31-/m0/s1. The number of anilines is 1. The van der Waals surface area contributed by atoms with Gasteiger partial charge in [-0.15, -0.1) is 0 Å². The Morgan fingerprint density at radius 1 is 1.06 bits per heavy atom. The molecule has 48 heavy (non-hydrogen) atoms. The molecule has 3 atom stereocenters. The van der Waals surface area contributed by atoms with Crippen molar-refractivity contribution in [3.05, 3.63) is 96.8 Å². The van der Waals surface area contributed by atoms with Crippen molar-refractivity contribution < 1.29 is 19.1 Å². The lowest BCUT2D eigenvalue weighted by molar-refractivity contribution is -0.119. The fraction of sp³-hybridized carbons (Fsp3) is 0.343. The van der Waals surface area contributed by atoms with E-state index in [9.17, 15) is 19.2 Å². The van der Waals surface area contributed by atoms with E-state index in [2.05, 4.69) is 16.0 Å². The number of nitrogens with zero attached hydrogens (tertiary/aromatic N) is 3. The van der Waals surface area contributed by atoms with Gasteiger partial charge in [0.1, 0.15) is 5.56 Å². The number of amides is 2. The summed E-state index contributed by atoms with van der Waals surface area (Å²) in [6.45, 7) is 3.16. The zero-order valence-electron chi connectivity index (χ0n) is 27.3. The quantitative estimate of drug-likeness (QED) is 0.246. The van der Waals surface area contributed by atoms with E-state index in [1.165, 1.54) is 24.9 Å². The molecule has 0 bridgehead atoms. The van der Waals surface area contributed by atoms with Gasteiger partial charge in [-0.2, -0.15) is 0 Å². The van der Waals surface area contributed by atoms with Gasteiger partial charge in [-0.05, 0) is 41.7 Å². The van der Waals surface area contributed by atoms with Crippen LogP contribution in [0.25, 0.3) is 22.4 Å². The van der Waals surface area contributed by atoms with Crippen molar-refractivity contribution >= 4 is 29.1 Å². The lowest BCUT2D eigenvalue weighted by atomic mass is 9.96. The number of pyridine rings is 1. The first-order valence-electron chi connectivity index (χ1n) is 15.6. The second-order valence-electron chi connectivity index (χ2n) is 12.2. The Hall–Kier alpha value is -4.78. The van der Waals surface area contributed by atoms with E-state index in [0.29, 0.717) is 53.8 Å². The first-order chi connectivity index (χ1) is 23.0. The van der Waals surface area contributed by atoms with Crippen LogP contribution in [-0.2, 0) is 30.0 Å². The number of aromatic nitrogens is 3. The second kappa shape index (κ2) is 13.4. The molecule has 2 aromatic carbocycles. The molecular weight excluding hydrogens is 636 g/mol. The molecule has 1 saturated heterocycles.